The van der Waals surface area contributed by atoms with Gasteiger partial charge in [0, 0.05) is 36.8 Å². The average molecular weight is 429 g/mol. The third-order valence-electron chi connectivity index (χ3n) is 5.07. The van der Waals surface area contributed by atoms with Crippen molar-refractivity contribution in [1.29, 1.82) is 0 Å². The zero-order valence-electron chi connectivity index (χ0n) is 16.0. The van der Waals surface area contributed by atoms with E-state index in [-0.39, 0.29) is 4.90 Å². The van der Waals surface area contributed by atoms with Gasteiger partial charge in [0.2, 0.25) is 10.0 Å². The molecule has 6 nitrogen and oxygen atoms in total. The van der Waals surface area contributed by atoms with Gasteiger partial charge in [-0.25, -0.2) is 8.42 Å². The summed E-state index contributed by atoms with van der Waals surface area (Å²) in [5.74, 6) is 0.752. The lowest BCUT2D eigenvalue weighted by Crippen LogP contribution is -2.49. The Bertz CT molecular complexity index is 1110. The summed E-state index contributed by atoms with van der Waals surface area (Å²) in [6.45, 7) is 3.92. The number of aromatic nitrogens is 2. The summed E-state index contributed by atoms with van der Waals surface area (Å²) in [5.41, 5.74) is 3.03. The number of benzene rings is 2. The van der Waals surface area contributed by atoms with Gasteiger partial charge in [-0.2, -0.15) is 4.31 Å². The number of anilines is 1. The molecule has 29 heavy (non-hydrogen) atoms. The van der Waals surface area contributed by atoms with E-state index >= 15 is 0 Å². The zero-order valence-corrected chi connectivity index (χ0v) is 17.6. The summed E-state index contributed by atoms with van der Waals surface area (Å²) in [5, 5.41) is 9.15. The van der Waals surface area contributed by atoms with Gasteiger partial charge >= 0.3 is 0 Å². The van der Waals surface area contributed by atoms with Crippen LogP contribution in [0.4, 0.5) is 5.82 Å². The second-order valence-corrected chi connectivity index (χ2v) is 9.31. The highest BCUT2D eigenvalue weighted by molar-refractivity contribution is 7.89. The van der Waals surface area contributed by atoms with Gasteiger partial charge in [-0.3, -0.25) is 0 Å². The fourth-order valence-corrected chi connectivity index (χ4v) is 5.16. The van der Waals surface area contributed by atoms with Crippen molar-refractivity contribution in [3.63, 3.8) is 0 Å². The summed E-state index contributed by atoms with van der Waals surface area (Å²) < 4.78 is 27.2. The van der Waals surface area contributed by atoms with E-state index < -0.39 is 10.0 Å². The Balaban J connectivity index is 1.45. The quantitative estimate of drug-likeness (QED) is 0.635. The number of nitrogens with zero attached hydrogens (tertiary/aromatic N) is 4. The Hall–Kier alpha value is -2.48. The Morgan fingerprint density at radius 3 is 2.31 bits per heavy atom. The van der Waals surface area contributed by atoms with Crippen LogP contribution in [0.2, 0.25) is 5.02 Å². The Kier molecular flexibility index (Phi) is 5.54. The molecule has 0 atom stereocenters. The predicted octanol–water partition coefficient (Wildman–Crippen LogP) is 3.62. The first-order valence-corrected chi connectivity index (χ1v) is 11.2. The molecule has 1 aliphatic heterocycles. The minimum absolute atomic E-state index is 0.223. The van der Waals surface area contributed by atoms with Crippen LogP contribution in [-0.4, -0.2) is 49.1 Å². The number of sulfonamides is 1. The molecule has 8 heteroatoms. The molecule has 0 N–H and O–H groups in total. The predicted molar refractivity (Wildman–Crippen MR) is 115 cm³/mol. The van der Waals surface area contributed by atoms with Crippen LogP contribution >= 0.6 is 11.6 Å². The smallest absolute Gasteiger partial charge is 0.243 e. The Labute approximate surface area is 175 Å². The average Bonchev–Trinajstić information content (AvgIpc) is 2.74. The molecule has 0 amide bonds. The molecule has 0 bridgehead atoms. The van der Waals surface area contributed by atoms with E-state index in [1.807, 2.05) is 43.3 Å². The van der Waals surface area contributed by atoms with Crippen molar-refractivity contribution in [1.82, 2.24) is 14.5 Å². The molecule has 0 saturated carbocycles. The van der Waals surface area contributed by atoms with E-state index in [0.717, 1.165) is 22.6 Å². The Morgan fingerprint density at radius 2 is 1.66 bits per heavy atom. The molecule has 3 aromatic rings. The standard InChI is InChI=1S/C21H21ClN4O2S/c1-16-5-2-3-8-19(16)20-9-10-21(24-23-20)25-11-13-26(14-12-25)29(27,28)18-7-4-6-17(22)15-18/h2-10,15H,11-14H2,1H3. The van der Waals surface area contributed by atoms with E-state index in [1.54, 1.807) is 18.2 Å². The summed E-state index contributed by atoms with van der Waals surface area (Å²) in [4.78, 5) is 2.28. The largest absolute Gasteiger partial charge is 0.352 e. The molecule has 4 rings (SSSR count). The molecule has 150 valence electrons. The van der Waals surface area contributed by atoms with Crippen LogP contribution in [0.15, 0.2) is 65.6 Å². The van der Waals surface area contributed by atoms with Gasteiger partial charge in [0.1, 0.15) is 0 Å². The molecule has 2 aromatic carbocycles. The summed E-state index contributed by atoms with van der Waals surface area (Å²) in [6.07, 6.45) is 0. The van der Waals surface area contributed by atoms with Crippen LogP contribution < -0.4 is 4.90 Å². The van der Waals surface area contributed by atoms with Crippen LogP contribution in [0, 0.1) is 6.92 Å². The molecule has 0 aliphatic carbocycles. The normalized spacial score (nSPS) is 15.4. The van der Waals surface area contributed by atoms with Crippen LogP contribution in [0.25, 0.3) is 11.3 Å². The van der Waals surface area contributed by atoms with Crippen LogP contribution in [-0.2, 0) is 10.0 Å². The maximum atomic E-state index is 12.8. The van der Waals surface area contributed by atoms with Crippen molar-refractivity contribution in [3.8, 4) is 11.3 Å². The van der Waals surface area contributed by atoms with E-state index in [4.69, 9.17) is 11.6 Å². The van der Waals surface area contributed by atoms with Crippen LogP contribution in [0.1, 0.15) is 5.56 Å². The first-order chi connectivity index (χ1) is 13.9. The minimum atomic E-state index is -3.55. The minimum Gasteiger partial charge on any atom is -0.352 e. The molecular weight excluding hydrogens is 408 g/mol. The number of rotatable bonds is 4. The van der Waals surface area contributed by atoms with E-state index in [9.17, 15) is 8.42 Å². The molecule has 1 saturated heterocycles. The third kappa shape index (κ3) is 4.12. The van der Waals surface area contributed by atoms with E-state index in [0.29, 0.717) is 31.2 Å². The van der Waals surface area contributed by atoms with Crippen molar-refractivity contribution in [3.05, 3.63) is 71.2 Å². The highest BCUT2D eigenvalue weighted by Crippen LogP contribution is 2.24. The van der Waals surface area contributed by atoms with Gasteiger partial charge in [0.15, 0.2) is 5.82 Å². The SMILES string of the molecule is Cc1ccccc1-c1ccc(N2CCN(S(=O)(=O)c3cccc(Cl)c3)CC2)nn1. The molecule has 2 heterocycles. The summed E-state index contributed by atoms with van der Waals surface area (Å²) in [7, 11) is -3.55. The maximum absolute atomic E-state index is 12.8. The van der Waals surface area contributed by atoms with Crippen LogP contribution in [0.3, 0.4) is 0 Å². The zero-order chi connectivity index (χ0) is 20.4. The maximum Gasteiger partial charge on any atom is 0.243 e. The van der Waals surface area contributed by atoms with Gasteiger partial charge in [-0.1, -0.05) is 41.9 Å². The van der Waals surface area contributed by atoms with Gasteiger partial charge in [0.05, 0.1) is 10.6 Å². The van der Waals surface area contributed by atoms with Crippen molar-refractivity contribution in [2.75, 3.05) is 31.1 Å². The fraction of sp³-hybridized carbons (Fsp3) is 0.238. The van der Waals surface area contributed by atoms with Gasteiger partial charge in [-0.05, 0) is 42.8 Å². The fourth-order valence-electron chi connectivity index (χ4n) is 3.43. The highest BCUT2D eigenvalue weighted by atomic mass is 35.5. The second-order valence-electron chi connectivity index (χ2n) is 6.94. The van der Waals surface area contributed by atoms with E-state index in [1.165, 1.54) is 10.4 Å². The monoisotopic (exact) mass is 428 g/mol. The molecule has 0 radical (unpaired) electrons. The van der Waals surface area contributed by atoms with Gasteiger partial charge < -0.3 is 4.90 Å². The summed E-state index contributed by atoms with van der Waals surface area (Å²) >= 11 is 5.95. The molecular formula is C21H21ClN4O2S. The topological polar surface area (TPSA) is 66.4 Å². The molecule has 1 aliphatic rings. The first-order valence-electron chi connectivity index (χ1n) is 9.35. The Morgan fingerprint density at radius 1 is 0.897 bits per heavy atom. The molecule has 1 fully saturated rings. The molecule has 0 unspecified atom stereocenters. The molecule has 0 spiro atoms. The lowest BCUT2D eigenvalue weighted by Gasteiger charge is -2.34. The van der Waals surface area contributed by atoms with E-state index in [2.05, 4.69) is 15.1 Å². The number of hydrogen-bond donors (Lipinski definition) is 0. The van der Waals surface area contributed by atoms with Crippen molar-refractivity contribution >= 4 is 27.4 Å². The summed E-state index contributed by atoms with van der Waals surface area (Å²) in [6, 6.07) is 18.3. The second kappa shape index (κ2) is 8.10. The number of piperazine rings is 1. The van der Waals surface area contributed by atoms with Gasteiger partial charge in [0.25, 0.3) is 0 Å². The van der Waals surface area contributed by atoms with Crippen molar-refractivity contribution in [2.24, 2.45) is 0 Å². The molecule has 1 aromatic heterocycles. The third-order valence-corrected chi connectivity index (χ3v) is 7.20. The highest BCUT2D eigenvalue weighted by Gasteiger charge is 2.29. The number of halogens is 1. The van der Waals surface area contributed by atoms with Crippen molar-refractivity contribution in [2.45, 2.75) is 11.8 Å². The lowest BCUT2D eigenvalue weighted by atomic mass is 10.1. The first kappa shape index (κ1) is 19.8. The van der Waals surface area contributed by atoms with Crippen molar-refractivity contribution < 1.29 is 8.42 Å². The number of aryl methyl sites for hydroxylation is 1. The van der Waals surface area contributed by atoms with Crippen LogP contribution in [0.5, 0.6) is 0 Å². The van der Waals surface area contributed by atoms with Gasteiger partial charge in [-0.15, -0.1) is 10.2 Å². The lowest BCUT2D eigenvalue weighted by molar-refractivity contribution is 0.383. The number of hydrogen-bond acceptors (Lipinski definition) is 5.